The Morgan fingerprint density at radius 2 is 1.79 bits per heavy atom. The molecule has 0 bridgehead atoms. The molecule has 0 unspecified atom stereocenters. The second-order valence-electron chi connectivity index (χ2n) is 6.95. The van der Waals surface area contributed by atoms with E-state index < -0.39 is 11.6 Å². The third-order valence-corrected chi connectivity index (χ3v) is 5.95. The Hall–Kier alpha value is -2.59. The number of nitriles is 1. The van der Waals surface area contributed by atoms with Gasteiger partial charge in [0.2, 0.25) is 0 Å². The van der Waals surface area contributed by atoms with E-state index in [1.165, 1.54) is 4.90 Å². The fourth-order valence-corrected chi connectivity index (χ4v) is 4.61. The Balaban J connectivity index is 1.78. The van der Waals surface area contributed by atoms with Gasteiger partial charge in [-0.2, -0.15) is 5.26 Å². The molecule has 142 valence electrons. The van der Waals surface area contributed by atoms with E-state index in [1.807, 2.05) is 12.1 Å². The van der Waals surface area contributed by atoms with Gasteiger partial charge < -0.3 is 10.2 Å². The van der Waals surface area contributed by atoms with Crippen LogP contribution in [0.4, 0.5) is 10.5 Å². The Labute approximate surface area is 172 Å². The van der Waals surface area contributed by atoms with Gasteiger partial charge in [0.25, 0.3) is 5.91 Å². The van der Waals surface area contributed by atoms with Crippen LogP contribution in [-0.4, -0.2) is 42.5 Å². The molecule has 2 aliphatic rings. The van der Waals surface area contributed by atoms with Crippen molar-refractivity contribution in [3.63, 3.8) is 0 Å². The molecular formula is C20H16Cl2N4O2. The first-order chi connectivity index (χ1) is 13.4. The Kier molecular flexibility index (Phi) is 4.54. The number of likely N-dealkylation sites (N-methyl/N-ethyl adjacent to an activating group) is 1. The molecule has 3 amide bonds. The predicted molar refractivity (Wildman–Crippen MR) is 107 cm³/mol. The number of carbonyl (C=O) groups excluding carboxylic acids is 2. The van der Waals surface area contributed by atoms with Crippen molar-refractivity contribution in [2.45, 2.75) is 11.5 Å². The molecule has 8 heteroatoms. The number of benzene rings is 2. The minimum Gasteiger partial charge on any atom is -0.313 e. The summed E-state index contributed by atoms with van der Waals surface area (Å²) >= 11 is 12.2. The van der Waals surface area contributed by atoms with Gasteiger partial charge in [-0.15, -0.1) is 0 Å². The lowest BCUT2D eigenvalue weighted by Crippen LogP contribution is -2.53. The Morgan fingerprint density at radius 3 is 2.39 bits per heavy atom. The molecule has 2 aromatic rings. The first-order valence-corrected chi connectivity index (χ1v) is 9.43. The highest BCUT2D eigenvalue weighted by Gasteiger charge is 2.62. The van der Waals surface area contributed by atoms with Gasteiger partial charge in [-0.1, -0.05) is 35.3 Å². The van der Waals surface area contributed by atoms with Crippen molar-refractivity contribution >= 4 is 40.8 Å². The molecule has 2 fully saturated rings. The van der Waals surface area contributed by atoms with E-state index in [0.717, 1.165) is 10.5 Å². The van der Waals surface area contributed by atoms with Gasteiger partial charge in [0.05, 0.1) is 17.3 Å². The van der Waals surface area contributed by atoms with Crippen LogP contribution in [0.15, 0.2) is 42.5 Å². The molecule has 2 aromatic carbocycles. The van der Waals surface area contributed by atoms with Crippen LogP contribution in [0.5, 0.6) is 0 Å². The third kappa shape index (κ3) is 2.67. The topological polar surface area (TPSA) is 76.4 Å². The predicted octanol–water partition coefficient (Wildman–Crippen LogP) is 3.39. The van der Waals surface area contributed by atoms with Crippen LogP contribution in [0, 0.1) is 11.3 Å². The van der Waals surface area contributed by atoms with Crippen LogP contribution >= 0.6 is 23.2 Å². The van der Waals surface area contributed by atoms with Gasteiger partial charge in [-0.25, -0.2) is 9.69 Å². The molecule has 4 rings (SSSR count). The minimum absolute atomic E-state index is 0.249. The van der Waals surface area contributed by atoms with Crippen LogP contribution in [0.25, 0.3) is 0 Å². The molecule has 6 nitrogen and oxygen atoms in total. The fraction of sp³-hybridized carbons (Fsp3) is 0.250. The van der Waals surface area contributed by atoms with E-state index in [9.17, 15) is 9.59 Å². The van der Waals surface area contributed by atoms with Crippen molar-refractivity contribution in [1.29, 1.82) is 5.26 Å². The summed E-state index contributed by atoms with van der Waals surface area (Å²) in [5.41, 5.74) is 0.728. The molecule has 2 heterocycles. The molecule has 1 spiro atoms. The molecule has 2 atom stereocenters. The number of halogens is 2. The largest absolute Gasteiger partial charge is 0.332 e. The number of amides is 3. The second-order valence-corrected chi connectivity index (χ2v) is 7.82. The quantitative estimate of drug-likeness (QED) is 0.763. The molecule has 2 saturated heterocycles. The number of urea groups is 1. The number of carbonyl (C=O) groups is 2. The van der Waals surface area contributed by atoms with Crippen LogP contribution in [0.1, 0.15) is 17.0 Å². The normalized spacial score (nSPS) is 24.3. The zero-order chi connectivity index (χ0) is 20.1. The number of nitrogens with one attached hydrogen (secondary N) is 1. The van der Waals surface area contributed by atoms with Crippen molar-refractivity contribution in [3.8, 4) is 6.07 Å². The number of hydrogen-bond acceptors (Lipinski definition) is 4. The number of hydrogen-bond donors (Lipinski definition) is 1. The molecular weight excluding hydrogens is 399 g/mol. The van der Waals surface area contributed by atoms with Crippen molar-refractivity contribution in [2.75, 3.05) is 25.0 Å². The fourth-order valence-electron chi connectivity index (χ4n) is 4.10. The monoisotopic (exact) mass is 414 g/mol. The number of nitrogens with zero attached hydrogens (tertiary/aromatic N) is 3. The third-order valence-electron chi connectivity index (χ3n) is 5.52. The second kappa shape index (κ2) is 6.78. The van der Waals surface area contributed by atoms with Crippen molar-refractivity contribution in [3.05, 3.63) is 63.6 Å². The van der Waals surface area contributed by atoms with E-state index >= 15 is 0 Å². The average molecular weight is 415 g/mol. The van der Waals surface area contributed by atoms with E-state index in [0.29, 0.717) is 34.4 Å². The van der Waals surface area contributed by atoms with Crippen LogP contribution < -0.4 is 10.2 Å². The lowest BCUT2D eigenvalue weighted by molar-refractivity contribution is -0.124. The lowest BCUT2D eigenvalue weighted by Gasteiger charge is -2.33. The highest BCUT2D eigenvalue weighted by atomic mass is 35.5. The van der Waals surface area contributed by atoms with Crippen LogP contribution in [-0.2, 0) is 4.79 Å². The zero-order valence-corrected chi connectivity index (χ0v) is 16.5. The highest BCUT2D eigenvalue weighted by Crippen LogP contribution is 2.44. The van der Waals surface area contributed by atoms with E-state index in [4.69, 9.17) is 28.5 Å². The van der Waals surface area contributed by atoms with Gasteiger partial charge in [0.1, 0.15) is 5.54 Å². The maximum absolute atomic E-state index is 13.6. The van der Waals surface area contributed by atoms with Gasteiger partial charge in [-0.05, 0) is 35.9 Å². The average Bonchev–Trinajstić information content (AvgIpc) is 3.19. The maximum Gasteiger partial charge on any atom is 0.332 e. The van der Waals surface area contributed by atoms with E-state index in [-0.39, 0.29) is 11.8 Å². The first-order valence-electron chi connectivity index (χ1n) is 8.67. The Morgan fingerprint density at radius 1 is 1.14 bits per heavy atom. The summed E-state index contributed by atoms with van der Waals surface area (Å²) in [7, 11) is 1.63. The summed E-state index contributed by atoms with van der Waals surface area (Å²) in [6.45, 7) is 0.878. The van der Waals surface area contributed by atoms with Gasteiger partial charge in [0.15, 0.2) is 0 Å². The molecule has 0 radical (unpaired) electrons. The van der Waals surface area contributed by atoms with E-state index in [1.54, 1.807) is 37.4 Å². The summed E-state index contributed by atoms with van der Waals surface area (Å²) in [5, 5.41) is 13.0. The van der Waals surface area contributed by atoms with Crippen LogP contribution in [0.3, 0.4) is 0 Å². The van der Waals surface area contributed by atoms with Crippen LogP contribution in [0.2, 0.25) is 10.0 Å². The smallest absolute Gasteiger partial charge is 0.313 e. The molecule has 0 aliphatic carbocycles. The summed E-state index contributed by atoms with van der Waals surface area (Å²) in [4.78, 5) is 29.2. The van der Waals surface area contributed by atoms with Gasteiger partial charge in [0, 0.05) is 36.1 Å². The lowest BCUT2D eigenvalue weighted by atomic mass is 9.80. The number of imide groups is 1. The van der Waals surface area contributed by atoms with E-state index in [2.05, 4.69) is 11.4 Å². The van der Waals surface area contributed by atoms with Crippen molar-refractivity contribution < 1.29 is 9.59 Å². The standard InChI is InChI=1S/C20H16Cl2N4O2/c1-25-19(28)26(16-7-14(21)6-15(22)8-16)18(27)20(25)11-24-10-17(20)13-4-2-12(9-23)3-5-13/h2-8,17,24H,10-11H2,1H3/t17-,20+/m0/s1. The van der Waals surface area contributed by atoms with Crippen molar-refractivity contribution in [1.82, 2.24) is 10.2 Å². The van der Waals surface area contributed by atoms with Gasteiger partial charge in [-0.3, -0.25) is 4.79 Å². The highest BCUT2D eigenvalue weighted by molar-refractivity contribution is 6.35. The number of anilines is 1. The van der Waals surface area contributed by atoms with Gasteiger partial charge >= 0.3 is 6.03 Å². The summed E-state index contributed by atoms with van der Waals surface area (Å²) in [6.07, 6.45) is 0. The molecule has 0 saturated carbocycles. The summed E-state index contributed by atoms with van der Waals surface area (Å²) in [5.74, 6) is -0.570. The zero-order valence-electron chi connectivity index (χ0n) is 14.9. The SMILES string of the molecule is CN1C(=O)N(c2cc(Cl)cc(Cl)c2)C(=O)[C@]12CNC[C@H]2c1ccc(C#N)cc1. The minimum atomic E-state index is -1.06. The number of rotatable bonds is 2. The molecule has 1 N–H and O–H groups in total. The first kappa shape index (κ1) is 18.8. The molecule has 2 aliphatic heterocycles. The molecule has 0 aromatic heterocycles. The molecule has 28 heavy (non-hydrogen) atoms. The maximum atomic E-state index is 13.6. The Bertz CT molecular complexity index is 998. The summed E-state index contributed by atoms with van der Waals surface area (Å²) < 4.78 is 0. The van der Waals surface area contributed by atoms with Crippen molar-refractivity contribution in [2.24, 2.45) is 0 Å². The summed E-state index contributed by atoms with van der Waals surface area (Å²) in [6, 6.07) is 13.4.